The van der Waals surface area contributed by atoms with Crippen molar-refractivity contribution in [3.05, 3.63) is 21.2 Å². The molecular weight excluding hydrogens is 174 g/mol. The van der Waals surface area contributed by atoms with Gasteiger partial charge in [-0.05, 0) is 18.8 Å². The minimum absolute atomic E-state index is 0.0609. The number of aromatic nitrogens is 1. The summed E-state index contributed by atoms with van der Waals surface area (Å²) >= 11 is 1.21. The molecule has 0 bridgehead atoms. The Morgan fingerprint density at radius 3 is 3.08 bits per heavy atom. The molecule has 0 N–H and O–H groups in total. The fraction of sp³-hybridized carbons (Fsp3) is 0.625. The van der Waals surface area contributed by atoms with E-state index in [2.05, 4.69) is 0 Å². The maximum absolute atomic E-state index is 11.0. The first-order valence-electron chi connectivity index (χ1n) is 4.08. The molecule has 2 rings (SSSR count). The average Bonchev–Trinajstić information content (AvgIpc) is 2.78. The predicted molar refractivity (Wildman–Crippen MR) is 47.3 cm³/mol. The van der Waals surface area contributed by atoms with Gasteiger partial charge >= 0.3 is 4.87 Å². The molecule has 66 valence electrons. The number of hydrogen-bond acceptors (Lipinski definition) is 3. The van der Waals surface area contributed by atoms with Gasteiger partial charge in [-0.3, -0.25) is 9.36 Å². The number of thiazole rings is 1. The summed E-state index contributed by atoms with van der Waals surface area (Å²) in [6.07, 6.45) is 4.34. The Kier molecular flexibility index (Phi) is 2.28. The van der Waals surface area contributed by atoms with Gasteiger partial charge in [-0.1, -0.05) is 11.3 Å². The first-order valence-corrected chi connectivity index (χ1v) is 4.96. The Morgan fingerprint density at radius 2 is 2.50 bits per heavy atom. The van der Waals surface area contributed by atoms with Gasteiger partial charge in [-0.15, -0.1) is 0 Å². The Balaban J connectivity index is 1.78. The van der Waals surface area contributed by atoms with Crippen molar-refractivity contribution in [3.63, 3.8) is 0 Å². The number of hydrogen-bond donors (Lipinski definition) is 0. The van der Waals surface area contributed by atoms with Gasteiger partial charge in [0.15, 0.2) is 0 Å². The van der Waals surface area contributed by atoms with Crippen LogP contribution in [0.3, 0.4) is 0 Å². The van der Waals surface area contributed by atoms with E-state index in [9.17, 15) is 4.79 Å². The van der Waals surface area contributed by atoms with E-state index < -0.39 is 0 Å². The van der Waals surface area contributed by atoms with Gasteiger partial charge < -0.3 is 4.74 Å². The smallest absolute Gasteiger partial charge is 0.308 e. The fourth-order valence-electron chi connectivity index (χ4n) is 0.989. The van der Waals surface area contributed by atoms with E-state index in [1.54, 1.807) is 16.1 Å². The van der Waals surface area contributed by atoms with Gasteiger partial charge in [-0.25, -0.2) is 0 Å². The molecule has 0 saturated heterocycles. The fourth-order valence-corrected chi connectivity index (χ4v) is 1.56. The first kappa shape index (κ1) is 8.01. The standard InChI is InChI=1S/C8H11NO2S/c10-8-9(3-4-12-8)6-11-5-7-1-2-7/h3-4,7H,1-2,5-6H2. The molecule has 1 saturated carbocycles. The number of nitrogens with zero attached hydrogens (tertiary/aromatic N) is 1. The van der Waals surface area contributed by atoms with E-state index in [4.69, 9.17) is 4.74 Å². The Morgan fingerprint density at radius 1 is 1.67 bits per heavy atom. The van der Waals surface area contributed by atoms with Crippen molar-refractivity contribution in [2.75, 3.05) is 6.61 Å². The summed E-state index contributed by atoms with van der Waals surface area (Å²) in [5.74, 6) is 0.763. The van der Waals surface area contributed by atoms with Gasteiger partial charge in [0.05, 0.1) is 6.61 Å². The monoisotopic (exact) mass is 185 g/mol. The molecule has 0 amide bonds. The second-order valence-electron chi connectivity index (χ2n) is 3.08. The Labute approximate surface area is 74.6 Å². The van der Waals surface area contributed by atoms with E-state index >= 15 is 0 Å². The molecule has 1 aliphatic carbocycles. The molecule has 1 aromatic heterocycles. The van der Waals surface area contributed by atoms with E-state index in [-0.39, 0.29) is 4.87 Å². The molecule has 1 heterocycles. The van der Waals surface area contributed by atoms with Crippen molar-refractivity contribution in [2.24, 2.45) is 5.92 Å². The summed E-state index contributed by atoms with van der Waals surface area (Å²) in [7, 11) is 0. The van der Waals surface area contributed by atoms with Crippen LogP contribution in [0.25, 0.3) is 0 Å². The zero-order valence-electron chi connectivity index (χ0n) is 6.73. The third-order valence-corrected chi connectivity index (χ3v) is 2.62. The van der Waals surface area contributed by atoms with Gasteiger partial charge in [0, 0.05) is 11.6 Å². The highest BCUT2D eigenvalue weighted by Gasteiger charge is 2.21. The van der Waals surface area contributed by atoms with Crippen molar-refractivity contribution < 1.29 is 4.74 Å². The molecule has 4 heteroatoms. The van der Waals surface area contributed by atoms with Gasteiger partial charge in [0.25, 0.3) is 0 Å². The van der Waals surface area contributed by atoms with Crippen LogP contribution in [0.1, 0.15) is 12.8 Å². The summed E-state index contributed by atoms with van der Waals surface area (Å²) in [6, 6.07) is 0. The molecule has 1 aromatic rings. The Hall–Kier alpha value is -0.610. The lowest BCUT2D eigenvalue weighted by Crippen LogP contribution is -2.14. The highest BCUT2D eigenvalue weighted by atomic mass is 32.1. The number of rotatable bonds is 4. The molecule has 0 radical (unpaired) electrons. The third kappa shape index (κ3) is 1.95. The lowest BCUT2D eigenvalue weighted by atomic mass is 10.5. The molecule has 0 aromatic carbocycles. The van der Waals surface area contributed by atoms with Crippen molar-refractivity contribution in [1.29, 1.82) is 0 Å². The van der Waals surface area contributed by atoms with Crippen LogP contribution in [0.5, 0.6) is 0 Å². The lowest BCUT2D eigenvalue weighted by molar-refractivity contribution is 0.0678. The molecule has 3 nitrogen and oxygen atoms in total. The summed E-state index contributed by atoms with van der Waals surface area (Å²) in [5.41, 5.74) is 0. The first-order chi connectivity index (χ1) is 5.86. The van der Waals surface area contributed by atoms with Gasteiger partial charge in [0.1, 0.15) is 6.73 Å². The molecule has 0 atom stereocenters. The zero-order valence-corrected chi connectivity index (χ0v) is 7.55. The molecule has 0 aliphatic heterocycles. The third-order valence-electron chi connectivity index (χ3n) is 1.93. The zero-order chi connectivity index (χ0) is 8.39. The highest BCUT2D eigenvalue weighted by molar-refractivity contribution is 7.07. The van der Waals surface area contributed by atoms with E-state index in [1.807, 2.05) is 0 Å². The van der Waals surface area contributed by atoms with Crippen LogP contribution in [0.4, 0.5) is 0 Å². The maximum atomic E-state index is 11.0. The SMILES string of the molecule is O=c1sccn1COCC1CC1. The summed E-state index contributed by atoms with van der Waals surface area (Å²) in [4.78, 5) is 11.1. The van der Waals surface area contributed by atoms with Crippen LogP contribution in [0, 0.1) is 5.92 Å². The molecule has 0 spiro atoms. The second-order valence-corrected chi connectivity index (χ2v) is 3.94. The number of ether oxygens (including phenoxy) is 1. The van der Waals surface area contributed by atoms with Crippen LogP contribution in [-0.2, 0) is 11.5 Å². The van der Waals surface area contributed by atoms with Crippen LogP contribution in [0.15, 0.2) is 16.4 Å². The van der Waals surface area contributed by atoms with E-state index in [0.717, 1.165) is 12.5 Å². The topological polar surface area (TPSA) is 31.2 Å². The Bertz CT molecular complexity index is 300. The van der Waals surface area contributed by atoms with Crippen molar-refractivity contribution >= 4 is 11.3 Å². The molecule has 0 unspecified atom stereocenters. The minimum Gasteiger partial charge on any atom is -0.360 e. The van der Waals surface area contributed by atoms with Crippen molar-refractivity contribution in [1.82, 2.24) is 4.57 Å². The summed E-state index contributed by atoms with van der Waals surface area (Å²) in [6.45, 7) is 1.22. The lowest BCUT2D eigenvalue weighted by Gasteiger charge is -2.01. The average molecular weight is 185 g/mol. The molecule has 1 aliphatic rings. The molecule has 12 heavy (non-hydrogen) atoms. The van der Waals surface area contributed by atoms with Crippen LogP contribution in [0.2, 0.25) is 0 Å². The van der Waals surface area contributed by atoms with Crippen LogP contribution < -0.4 is 4.87 Å². The van der Waals surface area contributed by atoms with Gasteiger partial charge in [0.2, 0.25) is 0 Å². The quantitative estimate of drug-likeness (QED) is 0.708. The van der Waals surface area contributed by atoms with Crippen LogP contribution >= 0.6 is 11.3 Å². The van der Waals surface area contributed by atoms with Crippen molar-refractivity contribution in [2.45, 2.75) is 19.6 Å². The van der Waals surface area contributed by atoms with Crippen molar-refractivity contribution in [3.8, 4) is 0 Å². The van der Waals surface area contributed by atoms with E-state index in [0.29, 0.717) is 6.73 Å². The largest absolute Gasteiger partial charge is 0.360 e. The minimum atomic E-state index is 0.0609. The van der Waals surface area contributed by atoms with Crippen LogP contribution in [-0.4, -0.2) is 11.2 Å². The maximum Gasteiger partial charge on any atom is 0.308 e. The summed E-state index contributed by atoms with van der Waals surface area (Å²) < 4.78 is 6.94. The molecular formula is C8H11NO2S. The predicted octanol–water partition coefficient (Wildman–Crippen LogP) is 1.29. The summed E-state index contributed by atoms with van der Waals surface area (Å²) in [5, 5.41) is 1.78. The van der Waals surface area contributed by atoms with E-state index in [1.165, 1.54) is 24.2 Å². The highest BCUT2D eigenvalue weighted by Crippen LogP contribution is 2.28. The van der Waals surface area contributed by atoms with Gasteiger partial charge in [-0.2, -0.15) is 0 Å². The second kappa shape index (κ2) is 3.41. The normalized spacial score (nSPS) is 16.7. The molecule has 1 fully saturated rings.